The maximum Gasteiger partial charge on any atom is 0.416 e. The zero-order valence-electron chi connectivity index (χ0n) is 18.2. The van der Waals surface area contributed by atoms with Crippen LogP contribution in [0.1, 0.15) is 41.8 Å². The second kappa shape index (κ2) is 11.0. The minimum atomic E-state index is -4.66. The molecule has 33 heavy (non-hydrogen) atoms. The van der Waals surface area contributed by atoms with Crippen LogP contribution >= 0.6 is 11.8 Å². The molecule has 0 atom stereocenters. The van der Waals surface area contributed by atoms with Gasteiger partial charge in [-0.1, -0.05) is 17.8 Å². The first-order valence-corrected chi connectivity index (χ1v) is 11.5. The highest BCUT2D eigenvalue weighted by atomic mass is 32.2. The molecule has 0 saturated carbocycles. The molecule has 0 amide bonds. The van der Waals surface area contributed by atoms with Crippen molar-refractivity contribution < 1.29 is 31.8 Å². The number of imidazole rings is 1. The Hall–Kier alpha value is -2.59. The number of alkyl halides is 3. The van der Waals surface area contributed by atoms with Crippen LogP contribution in [0.5, 0.6) is 0 Å². The Bertz CT molecular complexity index is 1120. The van der Waals surface area contributed by atoms with Crippen LogP contribution < -0.4 is 0 Å². The fourth-order valence-corrected chi connectivity index (χ4v) is 4.37. The van der Waals surface area contributed by atoms with Crippen molar-refractivity contribution in [2.45, 2.75) is 43.9 Å². The summed E-state index contributed by atoms with van der Waals surface area (Å²) in [6, 6.07) is 7.66. The first kappa shape index (κ1) is 25.0. The van der Waals surface area contributed by atoms with E-state index in [1.54, 1.807) is 25.1 Å². The number of fused-ring (bicyclic) bond motifs is 1. The van der Waals surface area contributed by atoms with E-state index < -0.39 is 23.5 Å². The molecule has 0 saturated heterocycles. The SMILES string of the molecule is CCOCCCn1c(SCc2ccc(F)cc2C(F)(F)F)nc2cc(C(=O)OCC)ccc21. The predicted molar refractivity (Wildman–Crippen MR) is 118 cm³/mol. The molecule has 3 rings (SSSR count). The van der Waals surface area contributed by atoms with Crippen molar-refractivity contribution in [3.05, 3.63) is 58.9 Å². The first-order valence-electron chi connectivity index (χ1n) is 10.5. The molecule has 0 fully saturated rings. The normalized spacial score (nSPS) is 11.8. The lowest BCUT2D eigenvalue weighted by Gasteiger charge is -2.13. The molecule has 5 nitrogen and oxygen atoms in total. The highest BCUT2D eigenvalue weighted by Crippen LogP contribution is 2.36. The summed E-state index contributed by atoms with van der Waals surface area (Å²) in [5.41, 5.74) is 0.595. The lowest BCUT2D eigenvalue weighted by molar-refractivity contribution is -0.138. The predicted octanol–water partition coefficient (Wildman–Crippen LogP) is 6.09. The molecule has 1 heterocycles. The van der Waals surface area contributed by atoms with Gasteiger partial charge in [0.2, 0.25) is 0 Å². The molecule has 0 bridgehead atoms. The number of nitrogens with zero attached hydrogens (tertiary/aromatic N) is 2. The number of carbonyl (C=O) groups is 1. The zero-order chi connectivity index (χ0) is 24.0. The Morgan fingerprint density at radius 1 is 1.12 bits per heavy atom. The van der Waals surface area contributed by atoms with E-state index in [0.29, 0.717) is 48.5 Å². The second-order valence-corrected chi connectivity index (χ2v) is 8.05. The van der Waals surface area contributed by atoms with Gasteiger partial charge in [0.15, 0.2) is 5.16 Å². The highest BCUT2D eigenvalue weighted by Gasteiger charge is 2.33. The van der Waals surface area contributed by atoms with Gasteiger partial charge in [0.05, 0.1) is 28.8 Å². The molecular weight excluding hydrogens is 460 g/mol. The van der Waals surface area contributed by atoms with Crippen LogP contribution in [-0.4, -0.2) is 35.3 Å². The number of aromatic nitrogens is 2. The van der Waals surface area contributed by atoms with Gasteiger partial charge in [0, 0.05) is 25.5 Å². The molecule has 178 valence electrons. The van der Waals surface area contributed by atoms with E-state index in [4.69, 9.17) is 9.47 Å². The van der Waals surface area contributed by atoms with Crippen LogP contribution in [0.15, 0.2) is 41.6 Å². The van der Waals surface area contributed by atoms with Crippen molar-refractivity contribution in [3.8, 4) is 0 Å². The molecule has 10 heteroatoms. The molecule has 0 aliphatic heterocycles. The maximum atomic E-state index is 13.4. The summed E-state index contributed by atoms with van der Waals surface area (Å²) in [7, 11) is 0. The Morgan fingerprint density at radius 2 is 1.91 bits per heavy atom. The topological polar surface area (TPSA) is 53.4 Å². The molecule has 3 aromatic rings. The van der Waals surface area contributed by atoms with Crippen molar-refractivity contribution >= 4 is 28.8 Å². The number of ether oxygens (including phenoxy) is 2. The van der Waals surface area contributed by atoms with E-state index in [9.17, 15) is 22.4 Å². The van der Waals surface area contributed by atoms with Gasteiger partial charge >= 0.3 is 12.1 Å². The van der Waals surface area contributed by atoms with Crippen LogP contribution in [0.3, 0.4) is 0 Å². The van der Waals surface area contributed by atoms with E-state index in [1.165, 1.54) is 0 Å². The number of rotatable bonds is 10. The van der Waals surface area contributed by atoms with Crippen LogP contribution in [0.2, 0.25) is 0 Å². The summed E-state index contributed by atoms with van der Waals surface area (Å²) in [5.74, 6) is -1.46. The standard InChI is InChI=1S/C23H24F4N2O3S/c1-3-31-11-5-10-29-20-9-7-15(21(30)32-4-2)12-19(20)28-22(29)33-14-16-6-8-17(24)13-18(16)23(25,26)27/h6-9,12-13H,3-5,10-11,14H2,1-2H3. The summed E-state index contributed by atoms with van der Waals surface area (Å²) in [6.45, 7) is 5.49. The summed E-state index contributed by atoms with van der Waals surface area (Å²) in [4.78, 5) is 16.6. The molecule has 0 N–H and O–H groups in total. The summed E-state index contributed by atoms with van der Waals surface area (Å²) in [5, 5.41) is 0.500. The van der Waals surface area contributed by atoms with Gasteiger partial charge in [-0.2, -0.15) is 13.2 Å². The lowest BCUT2D eigenvalue weighted by Crippen LogP contribution is -2.09. The third-order valence-electron chi connectivity index (χ3n) is 4.83. The van der Waals surface area contributed by atoms with Crippen molar-refractivity contribution in [2.24, 2.45) is 0 Å². The number of hydrogen-bond donors (Lipinski definition) is 0. The van der Waals surface area contributed by atoms with E-state index >= 15 is 0 Å². The van der Waals surface area contributed by atoms with E-state index in [2.05, 4.69) is 4.98 Å². The molecule has 1 aromatic heterocycles. The van der Waals surface area contributed by atoms with E-state index in [-0.39, 0.29) is 17.9 Å². The fourth-order valence-electron chi connectivity index (χ4n) is 3.33. The molecule has 0 radical (unpaired) electrons. The van der Waals surface area contributed by atoms with Gasteiger partial charge < -0.3 is 14.0 Å². The molecule has 0 aliphatic rings. The lowest BCUT2D eigenvalue weighted by atomic mass is 10.1. The fraction of sp³-hybridized carbons (Fsp3) is 0.391. The minimum absolute atomic E-state index is 0.0333. The van der Waals surface area contributed by atoms with Gasteiger partial charge in [-0.25, -0.2) is 14.2 Å². The van der Waals surface area contributed by atoms with Gasteiger partial charge in [-0.15, -0.1) is 0 Å². The number of carbonyl (C=O) groups excluding carboxylic acids is 1. The maximum absolute atomic E-state index is 13.4. The first-order chi connectivity index (χ1) is 15.7. The molecular formula is C23H24F4N2O3S. The van der Waals surface area contributed by atoms with Gasteiger partial charge in [-0.05, 0) is 56.2 Å². The zero-order valence-corrected chi connectivity index (χ0v) is 19.1. The third-order valence-corrected chi connectivity index (χ3v) is 5.86. The number of halogens is 4. The molecule has 0 unspecified atom stereocenters. The minimum Gasteiger partial charge on any atom is -0.462 e. The second-order valence-electron chi connectivity index (χ2n) is 7.11. The van der Waals surface area contributed by atoms with Gasteiger partial charge in [0.25, 0.3) is 0 Å². The summed E-state index contributed by atoms with van der Waals surface area (Å²) < 4.78 is 65.9. The number of benzene rings is 2. The number of thioether (sulfide) groups is 1. The monoisotopic (exact) mass is 484 g/mol. The van der Waals surface area contributed by atoms with Crippen LogP contribution in [0.25, 0.3) is 11.0 Å². The average Bonchev–Trinajstić information content (AvgIpc) is 3.12. The quantitative estimate of drug-likeness (QED) is 0.151. The summed E-state index contributed by atoms with van der Waals surface area (Å²) >= 11 is 1.12. The van der Waals surface area contributed by atoms with Crippen molar-refractivity contribution in [2.75, 3.05) is 19.8 Å². The van der Waals surface area contributed by atoms with Crippen molar-refractivity contribution in [1.82, 2.24) is 9.55 Å². The van der Waals surface area contributed by atoms with Crippen molar-refractivity contribution in [3.63, 3.8) is 0 Å². The largest absolute Gasteiger partial charge is 0.462 e. The van der Waals surface area contributed by atoms with Crippen LogP contribution in [-0.2, 0) is 27.9 Å². The van der Waals surface area contributed by atoms with Crippen LogP contribution in [0, 0.1) is 5.82 Å². The van der Waals surface area contributed by atoms with Crippen molar-refractivity contribution in [1.29, 1.82) is 0 Å². The smallest absolute Gasteiger partial charge is 0.416 e. The number of aryl methyl sites for hydroxylation is 1. The van der Waals surface area contributed by atoms with Gasteiger partial charge in [0.1, 0.15) is 5.82 Å². The van der Waals surface area contributed by atoms with E-state index in [1.807, 2.05) is 11.5 Å². The Labute approximate surface area is 193 Å². The van der Waals surface area contributed by atoms with E-state index in [0.717, 1.165) is 29.4 Å². The Kier molecular flexibility index (Phi) is 8.36. The molecule has 0 aliphatic carbocycles. The highest BCUT2D eigenvalue weighted by molar-refractivity contribution is 7.98. The summed E-state index contributed by atoms with van der Waals surface area (Å²) in [6.07, 6.45) is -3.99. The average molecular weight is 485 g/mol. The Morgan fingerprint density at radius 3 is 2.61 bits per heavy atom. The third kappa shape index (κ3) is 6.26. The Balaban J connectivity index is 1.92. The van der Waals surface area contributed by atoms with Gasteiger partial charge in [-0.3, -0.25) is 0 Å². The number of hydrogen-bond acceptors (Lipinski definition) is 5. The van der Waals surface area contributed by atoms with Crippen LogP contribution in [0.4, 0.5) is 17.6 Å². The number of esters is 1. The molecule has 0 spiro atoms. The molecule has 2 aromatic carbocycles.